The van der Waals surface area contributed by atoms with Crippen LogP contribution in [0.2, 0.25) is 0 Å². The average molecular weight is 309 g/mol. The Morgan fingerprint density at radius 1 is 1.19 bits per heavy atom. The molecule has 110 valence electrons. The Morgan fingerprint density at radius 2 is 1.86 bits per heavy atom. The fourth-order valence-electron chi connectivity index (χ4n) is 1.79. The number of aryl methyl sites for hydroxylation is 1. The molecule has 0 amide bonds. The quantitative estimate of drug-likeness (QED) is 0.909. The van der Waals surface area contributed by atoms with E-state index in [9.17, 15) is 17.6 Å². The molecule has 2 aromatic carbocycles. The molecule has 7 heteroatoms. The van der Waals surface area contributed by atoms with Gasteiger partial charge in [0.2, 0.25) is 0 Å². The molecule has 0 saturated carbocycles. The van der Waals surface area contributed by atoms with Crippen LogP contribution in [-0.2, 0) is 10.0 Å². The van der Waals surface area contributed by atoms with E-state index in [0.717, 1.165) is 18.2 Å². The Balaban J connectivity index is 2.44. The van der Waals surface area contributed by atoms with Crippen molar-refractivity contribution in [1.82, 2.24) is 0 Å². The summed E-state index contributed by atoms with van der Waals surface area (Å²) in [5.41, 5.74) is -0.114. The molecular weight excluding hydrogens is 297 g/mol. The van der Waals surface area contributed by atoms with Crippen LogP contribution in [0.1, 0.15) is 15.9 Å². The molecule has 0 unspecified atom stereocenters. The molecule has 0 aliphatic rings. The fraction of sp³-hybridized carbons (Fsp3) is 0.0714. The second-order valence-corrected chi connectivity index (χ2v) is 6.02. The van der Waals surface area contributed by atoms with Crippen molar-refractivity contribution in [3.63, 3.8) is 0 Å². The summed E-state index contributed by atoms with van der Waals surface area (Å²) < 4.78 is 40.2. The van der Waals surface area contributed by atoms with E-state index in [0.29, 0.717) is 5.56 Å². The van der Waals surface area contributed by atoms with E-state index in [-0.39, 0.29) is 10.5 Å². The summed E-state index contributed by atoms with van der Waals surface area (Å²) in [5.74, 6) is -2.12. The van der Waals surface area contributed by atoms with Gasteiger partial charge in [0.05, 0.1) is 16.1 Å². The molecule has 0 bridgehead atoms. The molecule has 0 radical (unpaired) electrons. The van der Waals surface area contributed by atoms with Gasteiger partial charge in [0, 0.05) is 0 Å². The van der Waals surface area contributed by atoms with Gasteiger partial charge in [-0.05, 0) is 36.8 Å². The normalized spacial score (nSPS) is 11.1. The number of hydrogen-bond donors (Lipinski definition) is 2. The third kappa shape index (κ3) is 3.19. The van der Waals surface area contributed by atoms with Crippen molar-refractivity contribution in [1.29, 1.82) is 0 Å². The number of anilines is 1. The van der Waals surface area contributed by atoms with E-state index >= 15 is 0 Å². The van der Waals surface area contributed by atoms with Gasteiger partial charge in [0.25, 0.3) is 10.0 Å². The number of rotatable bonds is 4. The summed E-state index contributed by atoms with van der Waals surface area (Å²) in [6, 6.07) is 9.12. The smallest absolute Gasteiger partial charge is 0.335 e. The Kier molecular flexibility index (Phi) is 3.95. The van der Waals surface area contributed by atoms with Crippen molar-refractivity contribution in [2.24, 2.45) is 0 Å². The van der Waals surface area contributed by atoms with Crippen LogP contribution in [0.15, 0.2) is 47.4 Å². The average Bonchev–Trinajstić information content (AvgIpc) is 2.41. The maximum Gasteiger partial charge on any atom is 0.335 e. The predicted octanol–water partition coefficient (Wildman–Crippen LogP) is 2.63. The number of carboxylic acid groups (broad SMARTS) is 1. The lowest BCUT2D eigenvalue weighted by atomic mass is 10.2. The van der Waals surface area contributed by atoms with Crippen molar-refractivity contribution in [3.05, 3.63) is 59.4 Å². The first-order valence-electron chi connectivity index (χ1n) is 5.92. The molecule has 0 atom stereocenters. The van der Waals surface area contributed by atoms with E-state index in [1.54, 1.807) is 25.1 Å². The number of carboxylic acids is 1. The summed E-state index contributed by atoms with van der Waals surface area (Å²) in [5, 5.41) is 8.86. The van der Waals surface area contributed by atoms with Gasteiger partial charge in [0.15, 0.2) is 0 Å². The third-order valence-corrected chi connectivity index (χ3v) is 4.37. The molecule has 0 aliphatic heterocycles. The van der Waals surface area contributed by atoms with Gasteiger partial charge >= 0.3 is 5.97 Å². The first-order valence-corrected chi connectivity index (χ1v) is 7.41. The maximum absolute atomic E-state index is 13.7. The monoisotopic (exact) mass is 309 g/mol. The van der Waals surface area contributed by atoms with Crippen LogP contribution in [0.4, 0.5) is 10.1 Å². The molecule has 0 aromatic heterocycles. The van der Waals surface area contributed by atoms with Crippen molar-refractivity contribution in [2.75, 3.05) is 4.72 Å². The molecule has 21 heavy (non-hydrogen) atoms. The van der Waals surface area contributed by atoms with Crippen LogP contribution in [0, 0.1) is 12.7 Å². The number of aromatic carboxylic acids is 1. The van der Waals surface area contributed by atoms with Crippen LogP contribution >= 0.6 is 0 Å². The second-order valence-electron chi connectivity index (χ2n) is 4.37. The number of sulfonamides is 1. The van der Waals surface area contributed by atoms with Gasteiger partial charge in [-0.2, -0.15) is 0 Å². The van der Waals surface area contributed by atoms with Crippen molar-refractivity contribution >= 4 is 21.7 Å². The van der Waals surface area contributed by atoms with Crippen LogP contribution in [0.25, 0.3) is 0 Å². The highest BCUT2D eigenvalue weighted by atomic mass is 32.2. The molecule has 0 heterocycles. The zero-order chi connectivity index (χ0) is 15.6. The van der Waals surface area contributed by atoms with Crippen LogP contribution in [-0.4, -0.2) is 19.5 Å². The molecule has 2 N–H and O–H groups in total. The molecular formula is C14H12FNO4S. The van der Waals surface area contributed by atoms with Gasteiger partial charge in [0.1, 0.15) is 5.82 Å². The Morgan fingerprint density at radius 3 is 2.48 bits per heavy atom. The Hall–Kier alpha value is -2.41. The van der Waals surface area contributed by atoms with E-state index in [1.165, 1.54) is 6.07 Å². The summed E-state index contributed by atoms with van der Waals surface area (Å²) in [6.45, 7) is 1.61. The second kappa shape index (κ2) is 5.53. The molecule has 0 fully saturated rings. The van der Waals surface area contributed by atoms with Crippen molar-refractivity contribution < 1.29 is 22.7 Å². The Labute approximate surface area is 121 Å². The minimum absolute atomic E-state index is 0.00475. The molecule has 5 nitrogen and oxygen atoms in total. The topological polar surface area (TPSA) is 83.5 Å². The summed E-state index contributed by atoms with van der Waals surface area (Å²) in [6.07, 6.45) is 0. The third-order valence-electron chi connectivity index (χ3n) is 2.84. The Bertz CT molecular complexity index is 802. The highest BCUT2D eigenvalue weighted by molar-refractivity contribution is 7.92. The SMILES string of the molecule is Cc1ccccc1S(=O)(=O)Nc1cc(C(=O)O)ccc1F. The van der Waals surface area contributed by atoms with E-state index in [4.69, 9.17) is 5.11 Å². The summed E-state index contributed by atoms with van der Waals surface area (Å²) in [4.78, 5) is 10.9. The van der Waals surface area contributed by atoms with Crippen LogP contribution in [0.5, 0.6) is 0 Å². The van der Waals surface area contributed by atoms with Gasteiger partial charge in [-0.3, -0.25) is 4.72 Å². The van der Waals surface area contributed by atoms with Gasteiger partial charge < -0.3 is 5.11 Å². The van der Waals surface area contributed by atoms with Gasteiger partial charge in [-0.25, -0.2) is 17.6 Å². The van der Waals surface area contributed by atoms with E-state index < -0.39 is 27.5 Å². The van der Waals surface area contributed by atoms with Crippen LogP contribution in [0.3, 0.4) is 0 Å². The lowest BCUT2D eigenvalue weighted by Crippen LogP contribution is -2.15. The molecule has 0 saturated heterocycles. The highest BCUT2D eigenvalue weighted by Gasteiger charge is 2.19. The summed E-state index contributed by atoms with van der Waals surface area (Å²) >= 11 is 0. The standard InChI is InChI=1S/C14H12FNO4S/c1-9-4-2-3-5-13(9)21(19,20)16-12-8-10(14(17)18)6-7-11(12)15/h2-8,16H,1H3,(H,17,18). The number of hydrogen-bond acceptors (Lipinski definition) is 3. The minimum atomic E-state index is -3.99. The van der Waals surface area contributed by atoms with Crippen molar-refractivity contribution in [3.8, 4) is 0 Å². The zero-order valence-corrected chi connectivity index (χ0v) is 11.8. The molecule has 2 rings (SSSR count). The van der Waals surface area contributed by atoms with E-state index in [1.807, 2.05) is 0 Å². The number of benzene rings is 2. The number of halogens is 1. The predicted molar refractivity (Wildman–Crippen MR) is 75.3 cm³/mol. The lowest BCUT2D eigenvalue weighted by Gasteiger charge is -2.11. The lowest BCUT2D eigenvalue weighted by molar-refractivity contribution is 0.0697. The minimum Gasteiger partial charge on any atom is -0.478 e. The van der Waals surface area contributed by atoms with Crippen LogP contribution < -0.4 is 4.72 Å². The summed E-state index contributed by atoms with van der Waals surface area (Å²) in [7, 11) is -3.99. The largest absolute Gasteiger partial charge is 0.478 e. The first-order chi connectivity index (χ1) is 9.81. The first kappa shape index (κ1) is 15.0. The highest BCUT2D eigenvalue weighted by Crippen LogP contribution is 2.22. The number of carbonyl (C=O) groups is 1. The number of nitrogens with one attached hydrogen (secondary N) is 1. The fourth-order valence-corrected chi connectivity index (χ4v) is 3.10. The molecule has 0 aliphatic carbocycles. The van der Waals surface area contributed by atoms with E-state index in [2.05, 4.69) is 4.72 Å². The van der Waals surface area contributed by atoms with Gasteiger partial charge in [-0.15, -0.1) is 0 Å². The maximum atomic E-state index is 13.7. The van der Waals surface area contributed by atoms with Gasteiger partial charge in [-0.1, -0.05) is 18.2 Å². The molecule has 2 aromatic rings. The molecule has 0 spiro atoms. The zero-order valence-electron chi connectivity index (χ0n) is 11.0. The van der Waals surface area contributed by atoms with Crippen molar-refractivity contribution in [2.45, 2.75) is 11.8 Å².